The molecular formula is C13H24N2O3S. The number of nitrogens with zero attached hydrogens (tertiary/aromatic N) is 1. The Balaban J connectivity index is 2.23. The van der Waals surface area contributed by atoms with Crippen LogP contribution in [0.1, 0.15) is 41.0 Å². The lowest BCUT2D eigenvalue weighted by molar-refractivity contribution is -0.0247. The van der Waals surface area contributed by atoms with Crippen molar-refractivity contribution < 1.29 is 14.3 Å². The molecule has 0 aliphatic carbocycles. The number of thioether (sulfide) groups is 1. The Morgan fingerprint density at radius 1 is 1.47 bits per heavy atom. The van der Waals surface area contributed by atoms with E-state index in [1.54, 1.807) is 4.90 Å². The summed E-state index contributed by atoms with van der Waals surface area (Å²) in [6.45, 7) is 10.7. The summed E-state index contributed by atoms with van der Waals surface area (Å²) in [5.41, 5.74) is -0.470. The lowest BCUT2D eigenvalue weighted by Gasteiger charge is -2.39. The molecule has 0 spiro atoms. The second-order valence-electron chi connectivity index (χ2n) is 5.75. The minimum Gasteiger partial charge on any atom is -0.466 e. The molecule has 0 aromatic carbocycles. The largest absolute Gasteiger partial charge is 0.466 e. The first-order valence-electron chi connectivity index (χ1n) is 6.61. The van der Waals surface area contributed by atoms with Crippen molar-refractivity contribution in [1.82, 2.24) is 4.90 Å². The number of amides is 1. The van der Waals surface area contributed by atoms with Crippen LogP contribution in [0.25, 0.3) is 0 Å². The first-order chi connectivity index (χ1) is 8.71. The Morgan fingerprint density at radius 3 is 2.53 bits per heavy atom. The zero-order valence-electron chi connectivity index (χ0n) is 12.4. The molecule has 6 heteroatoms. The summed E-state index contributed by atoms with van der Waals surface area (Å²) >= 11 is 1.42. The van der Waals surface area contributed by atoms with E-state index in [9.17, 15) is 4.79 Å². The fraction of sp³-hybridized carbons (Fsp3) is 0.846. The molecule has 0 saturated carbocycles. The molecule has 1 heterocycles. The van der Waals surface area contributed by atoms with E-state index in [2.05, 4.69) is 13.8 Å². The smallest absolute Gasteiger partial charge is 0.410 e. The lowest BCUT2D eigenvalue weighted by atomic mass is 10.2. The van der Waals surface area contributed by atoms with E-state index in [1.165, 1.54) is 11.8 Å². The number of hydrogen-bond acceptors (Lipinski definition) is 5. The molecule has 1 unspecified atom stereocenters. The molecule has 0 radical (unpaired) electrons. The fourth-order valence-corrected chi connectivity index (χ4v) is 2.16. The molecule has 5 nitrogen and oxygen atoms in total. The van der Waals surface area contributed by atoms with Crippen LogP contribution in [0.15, 0.2) is 0 Å². The molecule has 1 rings (SSSR count). The van der Waals surface area contributed by atoms with Crippen LogP contribution in [0.3, 0.4) is 0 Å². The minimum absolute atomic E-state index is 0.0726. The van der Waals surface area contributed by atoms with Gasteiger partial charge in [-0.15, -0.1) is 0 Å². The van der Waals surface area contributed by atoms with Crippen LogP contribution in [0.5, 0.6) is 0 Å². The quantitative estimate of drug-likeness (QED) is 0.640. The van der Waals surface area contributed by atoms with Crippen molar-refractivity contribution in [2.45, 2.75) is 58.0 Å². The van der Waals surface area contributed by atoms with Gasteiger partial charge in [0.2, 0.25) is 5.23 Å². The monoisotopic (exact) mass is 288 g/mol. The zero-order valence-corrected chi connectivity index (χ0v) is 13.2. The number of carbonyl (C=O) groups is 1. The van der Waals surface area contributed by atoms with Gasteiger partial charge in [0.1, 0.15) is 11.7 Å². The first kappa shape index (κ1) is 16.1. The maximum absolute atomic E-state index is 11.7. The van der Waals surface area contributed by atoms with Gasteiger partial charge in [-0.05, 0) is 27.2 Å². The Labute approximate surface area is 119 Å². The molecule has 110 valence electrons. The molecule has 0 aromatic rings. The van der Waals surface area contributed by atoms with Gasteiger partial charge in [-0.1, -0.05) is 25.6 Å². The highest BCUT2D eigenvalue weighted by Gasteiger charge is 2.35. The van der Waals surface area contributed by atoms with Crippen molar-refractivity contribution >= 4 is 23.1 Å². The summed E-state index contributed by atoms with van der Waals surface area (Å²) in [6.07, 6.45) is 0.621. The summed E-state index contributed by atoms with van der Waals surface area (Å²) in [5.74, 6) is 0. The summed E-state index contributed by atoms with van der Waals surface area (Å²) < 4.78 is 10.7. The third-order valence-corrected chi connectivity index (χ3v) is 3.70. The van der Waals surface area contributed by atoms with Crippen LogP contribution in [0.2, 0.25) is 0 Å². The predicted molar refractivity (Wildman–Crippen MR) is 77.8 cm³/mol. The molecule has 19 heavy (non-hydrogen) atoms. The van der Waals surface area contributed by atoms with E-state index in [-0.39, 0.29) is 17.4 Å². The van der Waals surface area contributed by atoms with Gasteiger partial charge in [-0.3, -0.25) is 5.41 Å². The molecule has 1 fully saturated rings. The van der Waals surface area contributed by atoms with Crippen molar-refractivity contribution in [3.8, 4) is 0 Å². The van der Waals surface area contributed by atoms with Crippen LogP contribution < -0.4 is 0 Å². The van der Waals surface area contributed by atoms with Crippen LogP contribution in [-0.4, -0.2) is 46.3 Å². The Kier molecular flexibility index (Phi) is 5.52. The molecule has 1 aliphatic heterocycles. The molecule has 1 saturated heterocycles. The zero-order chi connectivity index (χ0) is 14.6. The third-order valence-electron chi connectivity index (χ3n) is 2.66. The second-order valence-corrected chi connectivity index (χ2v) is 7.16. The van der Waals surface area contributed by atoms with Gasteiger partial charge in [-0.2, -0.15) is 0 Å². The SMILES string of the molecule is CCC(C)SC(=N)OC1CN(C(=O)OC(C)(C)C)C1. The van der Waals surface area contributed by atoms with Crippen molar-refractivity contribution in [2.24, 2.45) is 0 Å². The van der Waals surface area contributed by atoms with Crippen molar-refractivity contribution in [1.29, 1.82) is 5.41 Å². The van der Waals surface area contributed by atoms with Gasteiger partial charge in [-0.25, -0.2) is 4.79 Å². The molecule has 1 atom stereocenters. The average Bonchev–Trinajstić information content (AvgIpc) is 2.19. The highest BCUT2D eigenvalue weighted by Crippen LogP contribution is 2.21. The summed E-state index contributed by atoms with van der Waals surface area (Å²) in [4.78, 5) is 13.3. The van der Waals surface area contributed by atoms with Gasteiger partial charge in [0, 0.05) is 5.25 Å². The standard InChI is InChI=1S/C13H24N2O3S/c1-6-9(2)19-11(14)17-10-7-15(8-10)12(16)18-13(3,4)5/h9-10,14H,6-8H2,1-5H3. The number of nitrogens with one attached hydrogen (secondary N) is 1. The number of ether oxygens (including phenoxy) is 2. The summed E-state index contributed by atoms with van der Waals surface area (Å²) in [7, 11) is 0. The normalized spacial score (nSPS) is 17.6. The van der Waals surface area contributed by atoms with Crippen LogP contribution in [0.4, 0.5) is 4.79 Å². The van der Waals surface area contributed by atoms with Crippen LogP contribution in [-0.2, 0) is 9.47 Å². The van der Waals surface area contributed by atoms with Crippen molar-refractivity contribution in [3.05, 3.63) is 0 Å². The molecule has 0 aromatic heterocycles. The van der Waals surface area contributed by atoms with Gasteiger partial charge < -0.3 is 14.4 Å². The van der Waals surface area contributed by atoms with Crippen LogP contribution >= 0.6 is 11.8 Å². The Hall–Kier alpha value is -0.910. The van der Waals surface area contributed by atoms with Crippen LogP contribution in [0, 0.1) is 5.41 Å². The maximum atomic E-state index is 11.7. The topological polar surface area (TPSA) is 62.6 Å². The van der Waals surface area contributed by atoms with Gasteiger partial charge in [0.05, 0.1) is 13.1 Å². The van der Waals surface area contributed by atoms with Gasteiger partial charge in [0.15, 0.2) is 0 Å². The molecule has 0 bridgehead atoms. The summed E-state index contributed by atoms with van der Waals surface area (Å²) in [6, 6.07) is 0. The average molecular weight is 288 g/mol. The first-order valence-corrected chi connectivity index (χ1v) is 7.49. The predicted octanol–water partition coefficient (Wildman–Crippen LogP) is 3.09. The molecule has 1 N–H and O–H groups in total. The van der Waals surface area contributed by atoms with E-state index >= 15 is 0 Å². The minimum atomic E-state index is -0.470. The molecular weight excluding hydrogens is 264 g/mol. The van der Waals surface area contributed by atoms with E-state index in [0.29, 0.717) is 18.3 Å². The second kappa shape index (κ2) is 6.50. The molecule has 1 amide bonds. The van der Waals surface area contributed by atoms with E-state index in [1.807, 2.05) is 20.8 Å². The molecule has 1 aliphatic rings. The Bertz CT molecular complexity index is 335. The fourth-order valence-electron chi connectivity index (χ4n) is 1.43. The van der Waals surface area contributed by atoms with Crippen molar-refractivity contribution in [3.63, 3.8) is 0 Å². The highest BCUT2D eigenvalue weighted by atomic mass is 32.2. The van der Waals surface area contributed by atoms with Crippen molar-refractivity contribution in [2.75, 3.05) is 13.1 Å². The number of rotatable bonds is 3. The third kappa shape index (κ3) is 5.72. The van der Waals surface area contributed by atoms with E-state index < -0.39 is 5.60 Å². The van der Waals surface area contributed by atoms with E-state index in [4.69, 9.17) is 14.9 Å². The number of carbonyl (C=O) groups excluding carboxylic acids is 1. The van der Waals surface area contributed by atoms with Gasteiger partial charge >= 0.3 is 6.09 Å². The number of hydrogen-bond donors (Lipinski definition) is 1. The Morgan fingerprint density at radius 2 is 2.05 bits per heavy atom. The number of likely N-dealkylation sites (tertiary alicyclic amines) is 1. The van der Waals surface area contributed by atoms with Gasteiger partial charge in [0.25, 0.3) is 0 Å². The maximum Gasteiger partial charge on any atom is 0.410 e. The highest BCUT2D eigenvalue weighted by molar-refractivity contribution is 8.13. The lowest BCUT2D eigenvalue weighted by Crippen LogP contribution is -2.56. The van der Waals surface area contributed by atoms with E-state index in [0.717, 1.165) is 6.42 Å². The summed E-state index contributed by atoms with van der Waals surface area (Å²) in [5, 5.41) is 8.34.